The van der Waals surface area contributed by atoms with Crippen molar-refractivity contribution in [2.24, 2.45) is 0 Å². The molecule has 0 bridgehead atoms. The highest BCUT2D eigenvalue weighted by Gasteiger charge is 2.28. The highest BCUT2D eigenvalue weighted by atomic mass is 31.3. The quantitative estimate of drug-likeness (QED) is 0.340. The number of nitrogens with zero attached hydrogens (tertiary/aromatic N) is 4. The van der Waals surface area contributed by atoms with E-state index in [9.17, 15) is 9.13 Å². The van der Waals surface area contributed by atoms with Crippen molar-refractivity contribution in [1.29, 1.82) is 0 Å². The molecule has 2 aromatic rings. The normalized spacial score (nSPS) is 20.8. The first-order valence-corrected chi connectivity index (χ1v) is 10.1. The minimum Gasteiger partial charge on any atom is -0.394 e. The maximum Gasteiger partial charge on any atom is 0.478 e. The van der Waals surface area contributed by atoms with E-state index in [-0.39, 0.29) is 18.9 Å². The van der Waals surface area contributed by atoms with Crippen LogP contribution in [0.1, 0.15) is 19.1 Å². The molecule has 3 heterocycles. The summed E-state index contributed by atoms with van der Waals surface area (Å²) in [5.41, 5.74) is 6.97. The van der Waals surface area contributed by atoms with Crippen LogP contribution < -0.4 is 5.73 Å². The number of aliphatic hydroxyl groups is 1. The number of aliphatic hydroxyl groups excluding tert-OH is 1. The first-order valence-electron chi connectivity index (χ1n) is 7.02. The molecule has 2 atom stereocenters. The Morgan fingerprint density at radius 2 is 1.85 bits per heavy atom. The zero-order valence-electron chi connectivity index (χ0n) is 13.1. The predicted molar refractivity (Wildman–Crippen MR) is 85.1 cm³/mol. The molecule has 0 unspecified atom stereocenters. The van der Waals surface area contributed by atoms with Crippen LogP contribution in [0, 0.1) is 0 Å². The van der Waals surface area contributed by atoms with Gasteiger partial charge in [-0.1, -0.05) is 0 Å². The molecule has 0 radical (unpaired) electrons. The van der Waals surface area contributed by atoms with Crippen LogP contribution in [0.4, 0.5) is 5.82 Å². The minimum atomic E-state index is -5.05. The zero-order chi connectivity index (χ0) is 19.5. The number of imidazole rings is 1. The summed E-state index contributed by atoms with van der Waals surface area (Å²) in [4.78, 5) is 43.2. The maximum absolute atomic E-state index is 9.63. The Labute approximate surface area is 146 Å². The average Bonchev–Trinajstić information content (AvgIpc) is 3.10. The van der Waals surface area contributed by atoms with Gasteiger partial charge in [0.25, 0.3) is 0 Å². The average molecular weight is 413 g/mol. The van der Waals surface area contributed by atoms with Crippen LogP contribution in [0.3, 0.4) is 0 Å². The monoisotopic (exact) mass is 413 g/mol. The summed E-state index contributed by atoms with van der Waals surface area (Å²) >= 11 is 0. The van der Waals surface area contributed by atoms with Gasteiger partial charge in [-0.05, 0) is 12.8 Å². The number of hydrogen-bond donors (Lipinski definition) is 6. The molecule has 0 aliphatic carbocycles. The number of aromatic nitrogens is 4. The molecule has 1 fully saturated rings. The zero-order valence-corrected chi connectivity index (χ0v) is 14.8. The van der Waals surface area contributed by atoms with E-state index in [1.165, 1.54) is 6.33 Å². The molecular weight excluding hydrogens is 396 g/mol. The first kappa shape index (κ1) is 20.8. The van der Waals surface area contributed by atoms with Crippen LogP contribution >= 0.6 is 15.6 Å². The topological polar surface area (TPSA) is 223 Å². The van der Waals surface area contributed by atoms with Crippen molar-refractivity contribution in [1.82, 2.24) is 19.5 Å². The third-order valence-corrected chi connectivity index (χ3v) is 4.90. The number of nitrogen functional groups attached to an aromatic ring is 1. The summed E-state index contributed by atoms with van der Waals surface area (Å²) in [6, 6.07) is 0. The van der Waals surface area contributed by atoms with Crippen molar-refractivity contribution in [3.63, 3.8) is 0 Å². The molecule has 146 valence electrons. The molecular formula is C10H17N5O9P2. The lowest BCUT2D eigenvalue weighted by atomic mass is 10.2. The number of anilines is 1. The molecule has 14 nitrogen and oxygen atoms in total. The van der Waals surface area contributed by atoms with Crippen LogP contribution in [0.2, 0.25) is 0 Å². The SMILES string of the molecule is Nc1ncnc2c1ncn2[C@H]1CC[C@@H](CO)O1.O=P(O)(O)OP(=O)(O)O. The van der Waals surface area contributed by atoms with Crippen molar-refractivity contribution in [2.75, 3.05) is 12.3 Å². The summed E-state index contributed by atoms with van der Waals surface area (Å²) in [7, 11) is -10.1. The Kier molecular flexibility index (Phi) is 6.45. The van der Waals surface area contributed by atoms with E-state index in [0.717, 1.165) is 12.8 Å². The molecule has 0 aromatic carbocycles. The molecule has 2 aromatic heterocycles. The smallest absolute Gasteiger partial charge is 0.394 e. The number of ether oxygens (including phenoxy) is 1. The van der Waals surface area contributed by atoms with Gasteiger partial charge < -0.3 is 35.2 Å². The van der Waals surface area contributed by atoms with Crippen molar-refractivity contribution in [3.8, 4) is 0 Å². The van der Waals surface area contributed by atoms with E-state index in [1.807, 2.05) is 4.57 Å². The lowest BCUT2D eigenvalue weighted by Gasteiger charge is -2.13. The standard InChI is InChI=1S/C10H13N5O2.H4O7P2/c11-9-8-10(13-4-12-9)15(5-14-8)7-2-1-6(3-16)17-7;1-8(2,3)7-9(4,5)6/h4-7,16H,1-3H2,(H2,11,12,13);(H2,1,2,3)(H2,4,5,6)/t6-,7+;/m0./s1. The number of fused-ring (bicyclic) bond motifs is 1. The fraction of sp³-hybridized carbons (Fsp3) is 0.500. The van der Waals surface area contributed by atoms with E-state index in [4.69, 9.17) is 35.2 Å². The Bertz CT molecular complexity index is 829. The van der Waals surface area contributed by atoms with Gasteiger partial charge in [0.05, 0.1) is 19.0 Å². The van der Waals surface area contributed by atoms with Gasteiger partial charge >= 0.3 is 15.6 Å². The molecule has 1 aliphatic heterocycles. The van der Waals surface area contributed by atoms with E-state index in [2.05, 4.69) is 19.3 Å². The van der Waals surface area contributed by atoms with E-state index >= 15 is 0 Å². The van der Waals surface area contributed by atoms with Crippen molar-refractivity contribution in [2.45, 2.75) is 25.2 Å². The molecule has 0 spiro atoms. The van der Waals surface area contributed by atoms with Gasteiger partial charge in [-0.2, -0.15) is 4.31 Å². The van der Waals surface area contributed by atoms with E-state index < -0.39 is 15.6 Å². The molecule has 0 saturated carbocycles. The van der Waals surface area contributed by atoms with Gasteiger partial charge in [-0.3, -0.25) is 4.57 Å². The van der Waals surface area contributed by atoms with Crippen LogP contribution in [0.15, 0.2) is 12.7 Å². The second kappa shape index (κ2) is 8.05. The Balaban J connectivity index is 0.000000232. The molecule has 26 heavy (non-hydrogen) atoms. The minimum absolute atomic E-state index is 0.0419. The Morgan fingerprint density at radius 3 is 2.35 bits per heavy atom. The molecule has 7 N–H and O–H groups in total. The molecule has 0 amide bonds. The molecule has 16 heteroatoms. The van der Waals surface area contributed by atoms with Gasteiger partial charge in [0.1, 0.15) is 18.1 Å². The van der Waals surface area contributed by atoms with E-state index in [1.54, 1.807) is 6.33 Å². The largest absolute Gasteiger partial charge is 0.478 e. The van der Waals surface area contributed by atoms with E-state index in [0.29, 0.717) is 17.0 Å². The lowest BCUT2D eigenvalue weighted by Crippen LogP contribution is -2.14. The lowest BCUT2D eigenvalue weighted by molar-refractivity contribution is -0.0207. The summed E-state index contributed by atoms with van der Waals surface area (Å²) < 4.78 is 29.7. The molecule has 1 saturated heterocycles. The van der Waals surface area contributed by atoms with Gasteiger partial charge in [0, 0.05) is 0 Å². The molecule has 1 aliphatic rings. The maximum atomic E-state index is 9.63. The van der Waals surface area contributed by atoms with Gasteiger partial charge in [-0.25, -0.2) is 24.1 Å². The predicted octanol–water partition coefficient (Wildman–Crippen LogP) is -0.733. The summed E-state index contributed by atoms with van der Waals surface area (Å²) in [6.07, 6.45) is 4.50. The third-order valence-electron chi connectivity index (χ3n) is 3.20. The second-order valence-corrected chi connectivity index (χ2v) is 7.73. The van der Waals surface area contributed by atoms with Crippen molar-refractivity contribution in [3.05, 3.63) is 12.7 Å². The summed E-state index contributed by atoms with van der Waals surface area (Å²) in [6.45, 7) is 0.0419. The van der Waals surface area contributed by atoms with Crippen LogP contribution in [0.25, 0.3) is 11.2 Å². The fourth-order valence-corrected chi connectivity index (χ4v) is 3.35. The third kappa shape index (κ3) is 5.77. The highest BCUT2D eigenvalue weighted by Crippen LogP contribution is 2.53. The van der Waals surface area contributed by atoms with Crippen molar-refractivity contribution < 1.29 is 42.9 Å². The van der Waals surface area contributed by atoms with Crippen molar-refractivity contribution >= 4 is 32.6 Å². The summed E-state index contributed by atoms with van der Waals surface area (Å²) in [5.74, 6) is 0.366. The number of hydrogen-bond acceptors (Lipinski definition) is 9. The highest BCUT2D eigenvalue weighted by molar-refractivity contribution is 7.60. The number of phosphoric acid groups is 2. The Hall–Kier alpha value is -1.47. The number of nitrogens with two attached hydrogens (primary N) is 1. The van der Waals surface area contributed by atoms with Crippen LogP contribution in [0.5, 0.6) is 0 Å². The van der Waals surface area contributed by atoms with Gasteiger partial charge in [0.15, 0.2) is 11.5 Å². The van der Waals surface area contributed by atoms with Crippen LogP contribution in [-0.4, -0.2) is 56.9 Å². The Morgan fingerprint density at radius 1 is 1.19 bits per heavy atom. The fourth-order valence-electron chi connectivity index (χ4n) is 2.25. The summed E-state index contributed by atoms with van der Waals surface area (Å²) in [5, 5.41) is 9.04. The second-order valence-electron chi connectivity index (χ2n) is 5.12. The number of rotatable bonds is 4. The van der Waals surface area contributed by atoms with Gasteiger partial charge in [0.2, 0.25) is 0 Å². The van der Waals surface area contributed by atoms with Crippen LogP contribution in [-0.2, 0) is 18.2 Å². The van der Waals surface area contributed by atoms with Gasteiger partial charge in [-0.15, -0.1) is 0 Å². The molecule has 3 rings (SSSR count). The first-order chi connectivity index (χ1) is 12.0.